The van der Waals surface area contributed by atoms with Gasteiger partial charge in [-0.1, -0.05) is 29.3 Å². The normalized spacial score (nSPS) is 14.8. The molecule has 0 radical (unpaired) electrons. The second-order valence-corrected chi connectivity index (χ2v) is 5.76. The van der Waals surface area contributed by atoms with Crippen molar-refractivity contribution in [3.05, 3.63) is 33.8 Å². The van der Waals surface area contributed by atoms with E-state index in [1.165, 1.54) is 25.1 Å². The van der Waals surface area contributed by atoms with Crippen molar-refractivity contribution in [2.75, 3.05) is 13.1 Å². The van der Waals surface area contributed by atoms with Gasteiger partial charge < -0.3 is 15.2 Å². The van der Waals surface area contributed by atoms with E-state index in [9.17, 15) is 24.3 Å². The van der Waals surface area contributed by atoms with Gasteiger partial charge in [0.1, 0.15) is 0 Å². The summed E-state index contributed by atoms with van der Waals surface area (Å²) in [5.74, 6) is -2.16. The molecule has 2 rings (SSSR count). The van der Waals surface area contributed by atoms with E-state index in [1.807, 2.05) is 0 Å². The second-order valence-electron chi connectivity index (χ2n) is 4.94. The number of hydrogen-bond donors (Lipinski definition) is 1. The van der Waals surface area contributed by atoms with Crippen molar-refractivity contribution in [1.82, 2.24) is 15.1 Å². The summed E-state index contributed by atoms with van der Waals surface area (Å²) in [5.41, 5.74) is -0.0516. The molecule has 1 aromatic rings. The number of nitrogens with one attached hydrogen (secondary N) is 1. The van der Waals surface area contributed by atoms with Gasteiger partial charge >= 0.3 is 41.6 Å². The van der Waals surface area contributed by atoms with Crippen molar-refractivity contribution in [3.63, 3.8) is 0 Å². The molecule has 1 heterocycles. The molecule has 25 heavy (non-hydrogen) atoms. The van der Waals surface area contributed by atoms with Crippen LogP contribution < -0.4 is 40.0 Å². The number of aliphatic carboxylic acids is 1. The van der Waals surface area contributed by atoms with E-state index in [0.717, 1.165) is 9.80 Å². The number of nitrogens with zero attached hydrogens (tertiary/aromatic N) is 2. The molecule has 11 heteroatoms. The summed E-state index contributed by atoms with van der Waals surface area (Å²) < 4.78 is 0. The molecule has 0 bridgehead atoms. The monoisotopic (exact) mass is 395 g/mol. The summed E-state index contributed by atoms with van der Waals surface area (Å²) in [6.45, 7) is 1.16. The predicted molar refractivity (Wildman–Crippen MR) is 82.2 cm³/mol. The van der Waals surface area contributed by atoms with Crippen molar-refractivity contribution in [2.24, 2.45) is 0 Å². The number of rotatable bonds is 3. The smallest absolute Gasteiger partial charge is 0.548 e. The zero-order valence-corrected chi connectivity index (χ0v) is 16.9. The Hall–Kier alpha value is -1.32. The fourth-order valence-electron chi connectivity index (χ4n) is 2.25. The summed E-state index contributed by atoms with van der Waals surface area (Å²) in [7, 11) is 0. The number of urea groups is 2. The van der Waals surface area contributed by atoms with Crippen LogP contribution in [0.15, 0.2) is 18.2 Å². The number of carbonyl (C=O) groups excluding carboxylic acids is 4. The molecule has 8 nitrogen and oxygen atoms in total. The number of carboxylic acid groups (broad SMARTS) is 1. The Morgan fingerprint density at radius 1 is 1.16 bits per heavy atom. The maximum Gasteiger partial charge on any atom is 1.00 e. The minimum absolute atomic E-state index is 0. The van der Waals surface area contributed by atoms with E-state index >= 15 is 0 Å². The minimum Gasteiger partial charge on any atom is -0.548 e. The topological polar surface area (TPSA) is 110 Å². The molecular weight excluding hydrogens is 384 g/mol. The maximum absolute atomic E-state index is 12.2. The molecule has 1 N–H and O–H groups in total. The van der Waals surface area contributed by atoms with Crippen LogP contribution in [-0.4, -0.2) is 46.8 Å². The molecule has 5 amide bonds. The molecule has 1 saturated heterocycles. The molecule has 0 aromatic heterocycles. The fourth-order valence-corrected chi connectivity index (χ4v) is 2.87. The number of carbonyl (C=O) groups is 4. The van der Waals surface area contributed by atoms with Crippen LogP contribution in [-0.2, 0) is 9.59 Å². The molecule has 0 aliphatic carbocycles. The number of imide groups is 2. The van der Waals surface area contributed by atoms with Gasteiger partial charge in [0.05, 0.1) is 18.6 Å². The van der Waals surface area contributed by atoms with Gasteiger partial charge in [-0.15, -0.1) is 0 Å². The van der Waals surface area contributed by atoms with Crippen LogP contribution >= 0.6 is 23.2 Å². The van der Waals surface area contributed by atoms with Gasteiger partial charge in [-0.3, -0.25) is 9.69 Å². The standard InChI is InChI=1S/C14H13Cl2N3O5.Na/c1-7(20)18-5-6-19(14(18)24)13(23)17-11(12(21)22)10-8(15)3-2-4-9(10)16;/h2-4,11H,5-6H2,1H3,(H,17,23)(H,21,22);/q;+1/p-1. The molecule has 1 aromatic carbocycles. The van der Waals surface area contributed by atoms with Gasteiger partial charge in [0.15, 0.2) is 0 Å². The third kappa shape index (κ3) is 4.65. The summed E-state index contributed by atoms with van der Waals surface area (Å²) in [4.78, 5) is 48.4. The van der Waals surface area contributed by atoms with E-state index < -0.39 is 30.0 Å². The number of amides is 5. The van der Waals surface area contributed by atoms with E-state index in [-0.39, 0.29) is 58.3 Å². The van der Waals surface area contributed by atoms with Gasteiger partial charge in [-0.25, -0.2) is 14.5 Å². The number of benzene rings is 1. The zero-order chi connectivity index (χ0) is 18.0. The largest absolute Gasteiger partial charge is 1.00 e. The minimum atomic E-state index is -1.65. The Bertz CT molecular complexity index is 710. The quantitative estimate of drug-likeness (QED) is 0.583. The van der Waals surface area contributed by atoms with Gasteiger partial charge in [0.2, 0.25) is 5.91 Å². The predicted octanol–water partition coefficient (Wildman–Crippen LogP) is -2.22. The summed E-state index contributed by atoms with van der Waals surface area (Å²) in [6.07, 6.45) is 0. The zero-order valence-electron chi connectivity index (χ0n) is 13.4. The van der Waals surface area contributed by atoms with Crippen LogP contribution in [0.2, 0.25) is 10.0 Å². The van der Waals surface area contributed by atoms with Gasteiger partial charge in [-0.05, 0) is 12.1 Å². The van der Waals surface area contributed by atoms with Crippen LogP contribution in [0.4, 0.5) is 9.59 Å². The van der Waals surface area contributed by atoms with Crippen molar-refractivity contribution < 1.29 is 53.8 Å². The molecule has 1 atom stereocenters. The van der Waals surface area contributed by atoms with Crippen LogP contribution in [0, 0.1) is 0 Å². The fraction of sp³-hybridized carbons (Fsp3) is 0.286. The molecule has 128 valence electrons. The van der Waals surface area contributed by atoms with Crippen molar-refractivity contribution in [3.8, 4) is 0 Å². The molecular formula is C14H12Cl2N3NaO5. The summed E-state index contributed by atoms with van der Waals surface area (Å²) >= 11 is 11.9. The second kappa shape index (κ2) is 8.86. The third-order valence-electron chi connectivity index (χ3n) is 3.43. The van der Waals surface area contributed by atoms with Crippen molar-refractivity contribution in [2.45, 2.75) is 13.0 Å². The first kappa shape index (κ1) is 21.7. The molecule has 0 saturated carbocycles. The molecule has 1 aliphatic rings. The first-order valence-electron chi connectivity index (χ1n) is 6.79. The Kier molecular flexibility index (Phi) is 7.70. The van der Waals surface area contributed by atoms with Crippen LogP contribution in [0.3, 0.4) is 0 Å². The first-order chi connectivity index (χ1) is 11.2. The summed E-state index contributed by atoms with van der Waals surface area (Å²) in [5, 5.41) is 13.6. The molecule has 1 aliphatic heterocycles. The Labute approximate surface area is 175 Å². The molecule has 1 fully saturated rings. The van der Waals surface area contributed by atoms with E-state index in [2.05, 4.69) is 5.32 Å². The Morgan fingerprint density at radius 2 is 1.68 bits per heavy atom. The summed E-state index contributed by atoms with van der Waals surface area (Å²) in [6, 6.07) is 0.846. The molecule has 0 spiro atoms. The van der Waals surface area contributed by atoms with E-state index in [0.29, 0.717) is 0 Å². The Balaban J connectivity index is 0.00000312. The number of hydrogen-bond acceptors (Lipinski definition) is 5. The van der Waals surface area contributed by atoms with Crippen molar-refractivity contribution >= 4 is 47.1 Å². The van der Waals surface area contributed by atoms with Crippen molar-refractivity contribution in [1.29, 1.82) is 0 Å². The van der Waals surface area contributed by atoms with E-state index in [1.54, 1.807) is 0 Å². The average molecular weight is 396 g/mol. The number of carboxylic acids is 1. The van der Waals surface area contributed by atoms with Crippen LogP contribution in [0.1, 0.15) is 18.5 Å². The van der Waals surface area contributed by atoms with Crippen LogP contribution in [0.5, 0.6) is 0 Å². The number of halogens is 2. The first-order valence-corrected chi connectivity index (χ1v) is 7.54. The Morgan fingerprint density at radius 3 is 2.12 bits per heavy atom. The average Bonchev–Trinajstić information content (AvgIpc) is 2.87. The molecule has 1 unspecified atom stereocenters. The van der Waals surface area contributed by atoms with Gasteiger partial charge in [-0.2, -0.15) is 0 Å². The maximum atomic E-state index is 12.2. The SMILES string of the molecule is CC(=O)N1CCN(C(=O)NC(C(=O)[O-])c2c(Cl)cccc2Cl)C1=O.[Na+]. The third-order valence-corrected chi connectivity index (χ3v) is 4.09. The van der Waals surface area contributed by atoms with Crippen LogP contribution in [0.25, 0.3) is 0 Å². The van der Waals surface area contributed by atoms with Gasteiger partial charge in [0, 0.05) is 29.1 Å². The van der Waals surface area contributed by atoms with E-state index in [4.69, 9.17) is 23.2 Å². The van der Waals surface area contributed by atoms with Gasteiger partial charge in [0.25, 0.3) is 0 Å².